The number of aliphatic carboxylic acids is 1. The lowest BCUT2D eigenvalue weighted by atomic mass is 10.1. The summed E-state index contributed by atoms with van der Waals surface area (Å²) in [7, 11) is 5.50. The summed E-state index contributed by atoms with van der Waals surface area (Å²) >= 11 is 0. The predicted molar refractivity (Wildman–Crippen MR) is 238 cm³/mol. The van der Waals surface area contributed by atoms with Crippen LogP contribution < -0.4 is 0 Å². The standard InChI is InChI=1S/C49H83NO7/c1-6-8-10-12-14-16-18-19-20-21-22-23-24-25-26-27-28-30-31-33-35-37-39-47(51)56-44-45(43-55-42-41-46(49(53)54)50(3,4)5)57-48(52)40-38-36-34-32-29-17-15-13-11-9-7-2/h9,11,14-17,19-20,22-23,32,34,45-46H,6-8,10,12-13,18,21,24-31,33,35-44H2,1-5H3/p+1/b11-9+,16-14+,17-15+,20-19+,23-22+,34-32+. The first-order chi connectivity index (χ1) is 27.6. The molecule has 0 bridgehead atoms. The van der Waals surface area contributed by atoms with Crippen molar-refractivity contribution in [1.82, 2.24) is 0 Å². The number of allylic oxidation sites excluding steroid dienone is 12. The molecule has 0 amide bonds. The Balaban J connectivity index is 4.29. The van der Waals surface area contributed by atoms with Crippen molar-refractivity contribution in [1.29, 1.82) is 0 Å². The summed E-state index contributed by atoms with van der Waals surface area (Å²) in [6.45, 7) is 4.51. The van der Waals surface area contributed by atoms with Crippen LogP contribution in [-0.4, -0.2) is 80.6 Å². The summed E-state index contributed by atoms with van der Waals surface area (Å²) in [6.07, 6.45) is 49.6. The smallest absolute Gasteiger partial charge is 0.362 e. The van der Waals surface area contributed by atoms with Crippen LogP contribution in [0.4, 0.5) is 0 Å². The van der Waals surface area contributed by atoms with Gasteiger partial charge in [-0.1, -0.05) is 145 Å². The van der Waals surface area contributed by atoms with Gasteiger partial charge in [-0.15, -0.1) is 0 Å². The van der Waals surface area contributed by atoms with E-state index in [-0.39, 0.29) is 42.7 Å². The van der Waals surface area contributed by atoms with Crippen LogP contribution in [0.1, 0.15) is 168 Å². The second kappa shape index (κ2) is 39.6. The summed E-state index contributed by atoms with van der Waals surface area (Å²) in [5.74, 6) is -1.55. The molecule has 0 aliphatic rings. The van der Waals surface area contributed by atoms with Gasteiger partial charge in [0.05, 0.1) is 34.4 Å². The molecule has 0 spiro atoms. The molecule has 0 rings (SSSR count). The number of quaternary nitrogens is 1. The van der Waals surface area contributed by atoms with Gasteiger partial charge in [0.2, 0.25) is 0 Å². The highest BCUT2D eigenvalue weighted by molar-refractivity contribution is 5.72. The summed E-state index contributed by atoms with van der Waals surface area (Å²) < 4.78 is 17.2. The van der Waals surface area contributed by atoms with Gasteiger partial charge < -0.3 is 23.8 Å². The first kappa shape index (κ1) is 53.8. The number of carboxylic acids is 1. The number of carbonyl (C=O) groups excluding carboxylic acids is 2. The molecular weight excluding hydrogens is 715 g/mol. The third-order valence-corrected chi connectivity index (χ3v) is 9.59. The molecule has 0 aromatic rings. The second-order valence-corrected chi connectivity index (χ2v) is 15.9. The van der Waals surface area contributed by atoms with Crippen LogP contribution in [-0.2, 0) is 28.6 Å². The molecule has 2 unspecified atom stereocenters. The van der Waals surface area contributed by atoms with Crippen LogP contribution in [0, 0.1) is 0 Å². The number of unbranched alkanes of at least 4 members (excludes halogenated alkanes) is 13. The van der Waals surface area contributed by atoms with Crippen molar-refractivity contribution in [3.05, 3.63) is 72.9 Å². The van der Waals surface area contributed by atoms with E-state index in [1.54, 1.807) is 0 Å². The van der Waals surface area contributed by atoms with E-state index in [0.717, 1.165) is 64.2 Å². The zero-order valence-electron chi connectivity index (χ0n) is 37.0. The third-order valence-electron chi connectivity index (χ3n) is 9.59. The molecule has 0 aromatic heterocycles. The normalized spacial score (nSPS) is 13.6. The van der Waals surface area contributed by atoms with Crippen molar-refractivity contribution >= 4 is 17.9 Å². The van der Waals surface area contributed by atoms with Crippen LogP contribution in [0.25, 0.3) is 0 Å². The van der Waals surface area contributed by atoms with Gasteiger partial charge in [-0.05, 0) is 77.0 Å². The molecule has 57 heavy (non-hydrogen) atoms. The molecule has 0 saturated carbocycles. The fourth-order valence-electron chi connectivity index (χ4n) is 6.12. The number of ether oxygens (including phenoxy) is 3. The zero-order chi connectivity index (χ0) is 42.1. The van der Waals surface area contributed by atoms with E-state index < -0.39 is 18.1 Å². The van der Waals surface area contributed by atoms with Crippen LogP contribution in [0.15, 0.2) is 72.9 Å². The van der Waals surface area contributed by atoms with Crippen molar-refractivity contribution in [2.45, 2.75) is 180 Å². The quantitative estimate of drug-likeness (QED) is 0.0286. The topological polar surface area (TPSA) is 99.1 Å². The Morgan fingerprint density at radius 2 is 1.00 bits per heavy atom. The van der Waals surface area contributed by atoms with Gasteiger partial charge in [-0.2, -0.15) is 0 Å². The van der Waals surface area contributed by atoms with Crippen LogP contribution >= 0.6 is 0 Å². The van der Waals surface area contributed by atoms with Crippen LogP contribution in [0.3, 0.4) is 0 Å². The number of rotatable bonds is 39. The average molecular weight is 799 g/mol. The maximum absolute atomic E-state index is 12.7. The molecule has 2 atom stereocenters. The number of hydrogen-bond acceptors (Lipinski definition) is 6. The lowest BCUT2D eigenvalue weighted by molar-refractivity contribution is -0.887. The van der Waals surface area contributed by atoms with Gasteiger partial charge in [0, 0.05) is 19.3 Å². The molecule has 0 aliphatic carbocycles. The Bertz CT molecular complexity index is 1160. The molecule has 0 heterocycles. The minimum absolute atomic E-state index is 0.0358. The van der Waals surface area contributed by atoms with Gasteiger partial charge in [0.15, 0.2) is 12.1 Å². The predicted octanol–water partition coefficient (Wildman–Crippen LogP) is 12.4. The van der Waals surface area contributed by atoms with Crippen LogP contribution in [0.5, 0.6) is 0 Å². The van der Waals surface area contributed by atoms with Crippen molar-refractivity contribution in [3.8, 4) is 0 Å². The van der Waals surface area contributed by atoms with E-state index in [2.05, 4.69) is 86.8 Å². The first-order valence-electron chi connectivity index (χ1n) is 22.5. The highest BCUT2D eigenvalue weighted by Crippen LogP contribution is 2.13. The Hall–Kier alpha value is -3.23. The van der Waals surface area contributed by atoms with E-state index in [9.17, 15) is 19.5 Å². The molecule has 8 heteroatoms. The van der Waals surface area contributed by atoms with E-state index in [1.165, 1.54) is 64.2 Å². The van der Waals surface area contributed by atoms with E-state index in [0.29, 0.717) is 19.3 Å². The second-order valence-electron chi connectivity index (χ2n) is 15.9. The maximum atomic E-state index is 12.7. The lowest BCUT2D eigenvalue weighted by Crippen LogP contribution is -2.50. The number of esters is 2. The number of likely N-dealkylation sites (N-methyl/N-ethyl adjacent to an activating group) is 1. The van der Waals surface area contributed by atoms with Crippen molar-refractivity contribution in [3.63, 3.8) is 0 Å². The van der Waals surface area contributed by atoms with Crippen molar-refractivity contribution in [2.75, 3.05) is 41.0 Å². The fourth-order valence-corrected chi connectivity index (χ4v) is 6.12. The van der Waals surface area contributed by atoms with Gasteiger partial charge in [-0.3, -0.25) is 9.59 Å². The summed E-state index contributed by atoms with van der Waals surface area (Å²) in [4.78, 5) is 36.9. The summed E-state index contributed by atoms with van der Waals surface area (Å²) in [5.41, 5.74) is 0. The van der Waals surface area contributed by atoms with Gasteiger partial charge in [-0.25, -0.2) is 4.79 Å². The molecule has 0 radical (unpaired) electrons. The highest BCUT2D eigenvalue weighted by atomic mass is 16.6. The zero-order valence-corrected chi connectivity index (χ0v) is 37.0. The molecule has 0 aromatic carbocycles. The Kier molecular flexibility index (Phi) is 37.3. The number of nitrogens with zero attached hydrogens (tertiary/aromatic N) is 1. The van der Waals surface area contributed by atoms with Gasteiger partial charge in [0.1, 0.15) is 6.61 Å². The molecule has 0 fully saturated rings. The van der Waals surface area contributed by atoms with Crippen molar-refractivity contribution in [2.24, 2.45) is 0 Å². The fraction of sp³-hybridized carbons (Fsp3) is 0.694. The summed E-state index contributed by atoms with van der Waals surface area (Å²) in [5, 5.41) is 9.61. The van der Waals surface area contributed by atoms with Gasteiger partial charge >= 0.3 is 17.9 Å². The lowest BCUT2D eigenvalue weighted by Gasteiger charge is -2.31. The third kappa shape index (κ3) is 38.1. The van der Waals surface area contributed by atoms with Crippen LogP contribution in [0.2, 0.25) is 0 Å². The Labute approximate surface area is 349 Å². The number of hydrogen-bond donors (Lipinski definition) is 1. The van der Waals surface area contributed by atoms with E-state index in [4.69, 9.17) is 14.2 Å². The first-order valence-corrected chi connectivity index (χ1v) is 22.5. The molecule has 0 aliphatic heterocycles. The van der Waals surface area contributed by atoms with Crippen molar-refractivity contribution < 1.29 is 38.2 Å². The largest absolute Gasteiger partial charge is 0.477 e. The number of carbonyl (C=O) groups is 3. The maximum Gasteiger partial charge on any atom is 0.362 e. The summed E-state index contributed by atoms with van der Waals surface area (Å²) in [6, 6.07) is -0.626. The van der Waals surface area contributed by atoms with E-state index in [1.807, 2.05) is 21.1 Å². The molecule has 8 nitrogen and oxygen atoms in total. The minimum Gasteiger partial charge on any atom is -0.477 e. The average Bonchev–Trinajstić information content (AvgIpc) is 3.17. The molecule has 326 valence electrons. The molecule has 0 saturated heterocycles. The molecule has 1 N–H and O–H groups in total. The monoisotopic (exact) mass is 799 g/mol. The molecular formula is C49H84NO7+. The SMILES string of the molecule is CC/C=C/C/C=C/C/C=C/CCCC(=O)OC(COCCC(C(=O)O)[N+](C)(C)C)COC(=O)CCCCCCCCCCC/C=C/C/C=C/C/C=C/CCCCC. The Morgan fingerprint density at radius 1 is 0.544 bits per heavy atom. The minimum atomic E-state index is -0.887. The Morgan fingerprint density at radius 3 is 1.51 bits per heavy atom. The van der Waals surface area contributed by atoms with E-state index >= 15 is 0 Å². The highest BCUT2D eigenvalue weighted by Gasteiger charge is 2.31. The van der Waals surface area contributed by atoms with Gasteiger partial charge in [0.25, 0.3) is 0 Å². The number of carboxylic acid groups (broad SMARTS) is 1.